The van der Waals surface area contributed by atoms with Crippen molar-refractivity contribution in [2.24, 2.45) is 0 Å². The summed E-state index contributed by atoms with van der Waals surface area (Å²) in [6.07, 6.45) is 2.57. The van der Waals surface area contributed by atoms with Gasteiger partial charge in [-0.3, -0.25) is 4.79 Å². The van der Waals surface area contributed by atoms with Gasteiger partial charge in [-0.05, 0) is 43.2 Å². The number of carbonyl (C=O) groups is 1. The van der Waals surface area contributed by atoms with Gasteiger partial charge in [0.2, 0.25) is 0 Å². The molecule has 1 aromatic heterocycles. The summed E-state index contributed by atoms with van der Waals surface area (Å²) < 4.78 is 1.62. The standard InChI is InChI=1S/C15H20N4O2/c1-2-13(20)7-9-17-15(21)14-8-10-19(18-14)12-5-3-11(16)4-6-12/h3-6,8,10,13,20H,2,7,9,16H2,1H3,(H,17,21). The molecule has 0 aliphatic rings. The summed E-state index contributed by atoms with van der Waals surface area (Å²) in [6, 6.07) is 8.89. The number of aliphatic hydroxyl groups excluding tert-OH is 1. The molecule has 2 rings (SSSR count). The predicted octanol–water partition coefficient (Wildman–Crippen LogP) is 1.35. The second kappa shape index (κ2) is 6.90. The van der Waals surface area contributed by atoms with E-state index in [0.717, 1.165) is 5.69 Å². The van der Waals surface area contributed by atoms with Gasteiger partial charge in [0.1, 0.15) is 0 Å². The summed E-state index contributed by atoms with van der Waals surface area (Å²) in [5, 5.41) is 16.4. The number of nitrogen functional groups attached to an aromatic ring is 1. The molecule has 1 aromatic carbocycles. The zero-order chi connectivity index (χ0) is 15.2. The number of nitrogens with two attached hydrogens (primary N) is 1. The van der Waals surface area contributed by atoms with E-state index in [-0.39, 0.29) is 12.0 Å². The van der Waals surface area contributed by atoms with Gasteiger partial charge in [0, 0.05) is 18.4 Å². The number of carbonyl (C=O) groups excluding carboxylic acids is 1. The molecule has 0 saturated carbocycles. The van der Waals surface area contributed by atoms with Crippen LogP contribution in [0.1, 0.15) is 30.3 Å². The number of benzene rings is 1. The largest absolute Gasteiger partial charge is 0.399 e. The second-order valence-electron chi connectivity index (χ2n) is 4.84. The van der Waals surface area contributed by atoms with Crippen molar-refractivity contribution in [1.29, 1.82) is 0 Å². The summed E-state index contributed by atoms with van der Waals surface area (Å²) in [7, 11) is 0. The number of hydrogen-bond donors (Lipinski definition) is 3. The Bertz CT molecular complexity index is 592. The summed E-state index contributed by atoms with van der Waals surface area (Å²) in [4.78, 5) is 11.9. The van der Waals surface area contributed by atoms with Gasteiger partial charge in [0.15, 0.2) is 5.69 Å². The van der Waals surface area contributed by atoms with E-state index in [9.17, 15) is 9.90 Å². The van der Waals surface area contributed by atoms with E-state index in [1.807, 2.05) is 19.1 Å². The maximum absolute atomic E-state index is 11.9. The monoisotopic (exact) mass is 288 g/mol. The summed E-state index contributed by atoms with van der Waals surface area (Å²) in [5.74, 6) is -0.243. The summed E-state index contributed by atoms with van der Waals surface area (Å²) >= 11 is 0. The molecule has 1 amide bonds. The van der Waals surface area contributed by atoms with E-state index in [2.05, 4.69) is 10.4 Å². The van der Waals surface area contributed by atoms with Crippen LogP contribution in [0, 0.1) is 0 Å². The van der Waals surface area contributed by atoms with Crippen LogP contribution < -0.4 is 11.1 Å². The normalized spacial score (nSPS) is 12.1. The number of anilines is 1. The highest BCUT2D eigenvalue weighted by atomic mass is 16.3. The van der Waals surface area contributed by atoms with Gasteiger partial charge in [0.25, 0.3) is 5.91 Å². The number of hydrogen-bond acceptors (Lipinski definition) is 4. The molecule has 6 nitrogen and oxygen atoms in total. The molecule has 0 aliphatic carbocycles. The van der Waals surface area contributed by atoms with E-state index in [1.54, 1.807) is 29.1 Å². The number of rotatable bonds is 6. The fourth-order valence-corrected chi connectivity index (χ4v) is 1.86. The molecule has 0 saturated heterocycles. The minimum absolute atomic E-state index is 0.243. The quantitative estimate of drug-likeness (QED) is 0.699. The van der Waals surface area contributed by atoms with Crippen molar-refractivity contribution in [3.8, 4) is 5.69 Å². The molecule has 21 heavy (non-hydrogen) atoms. The fourth-order valence-electron chi connectivity index (χ4n) is 1.86. The van der Waals surface area contributed by atoms with Crippen LogP contribution >= 0.6 is 0 Å². The molecule has 4 N–H and O–H groups in total. The SMILES string of the molecule is CCC(O)CCNC(=O)c1ccn(-c2ccc(N)cc2)n1. The number of aromatic nitrogens is 2. The third kappa shape index (κ3) is 4.06. The summed E-state index contributed by atoms with van der Waals surface area (Å²) in [5.41, 5.74) is 7.50. The Balaban J connectivity index is 1.96. The maximum atomic E-state index is 11.9. The van der Waals surface area contributed by atoms with Gasteiger partial charge in [-0.25, -0.2) is 4.68 Å². The Labute approximate surface area is 123 Å². The highest BCUT2D eigenvalue weighted by Crippen LogP contribution is 2.10. The zero-order valence-corrected chi connectivity index (χ0v) is 12.0. The van der Waals surface area contributed by atoms with Crippen LogP contribution in [0.4, 0.5) is 5.69 Å². The number of nitrogens with one attached hydrogen (secondary N) is 1. The van der Waals surface area contributed by atoms with Crippen molar-refractivity contribution >= 4 is 11.6 Å². The Morgan fingerprint density at radius 3 is 2.76 bits per heavy atom. The van der Waals surface area contributed by atoms with Crippen molar-refractivity contribution in [2.45, 2.75) is 25.9 Å². The van der Waals surface area contributed by atoms with Crippen LogP contribution in [-0.4, -0.2) is 33.4 Å². The van der Waals surface area contributed by atoms with E-state index < -0.39 is 0 Å². The fraction of sp³-hybridized carbons (Fsp3) is 0.333. The molecule has 112 valence electrons. The summed E-state index contributed by atoms with van der Waals surface area (Å²) in [6.45, 7) is 2.34. The highest BCUT2D eigenvalue weighted by molar-refractivity contribution is 5.92. The molecular formula is C15H20N4O2. The van der Waals surface area contributed by atoms with Crippen LogP contribution in [0.3, 0.4) is 0 Å². The molecule has 0 fully saturated rings. The lowest BCUT2D eigenvalue weighted by Crippen LogP contribution is -2.27. The minimum Gasteiger partial charge on any atom is -0.399 e. The van der Waals surface area contributed by atoms with E-state index in [4.69, 9.17) is 5.73 Å². The lowest BCUT2D eigenvalue weighted by Gasteiger charge is -2.07. The van der Waals surface area contributed by atoms with Crippen LogP contribution in [0.5, 0.6) is 0 Å². The van der Waals surface area contributed by atoms with E-state index in [0.29, 0.717) is 30.8 Å². The molecule has 1 heterocycles. The van der Waals surface area contributed by atoms with Gasteiger partial charge >= 0.3 is 0 Å². The van der Waals surface area contributed by atoms with Crippen molar-refractivity contribution < 1.29 is 9.90 Å². The first-order valence-corrected chi connectivity index (χ1v) is 6.98. The van der Waals surface area contributed by atoms with E-state index >= 15 is 0 Å². The van der Waals surface area contributed by atoms with Crippen LogP contribution in [0.2, 0.25) is 0 Å². The van der Waals surface area contributed by atoms with Gasteiger partial charge < -0.3 is 16.2 Å². The Kier molecular flexibility index (Phi) is 4.94. The number of nitrogens with zero attached hydrogens (tertiary/aromatic N) is 2. The van der Waals surface area contributed by atoms with Crippen molar-refractivity contribution in [2.75, 3.05) is 12.3 Å². The molecule has 2 aromatic rings. The molecule has 0 aliphatic heterocycles. The number of aliphatic hydroxyl groups is 1. The molecule has 1 atom stereocenters. The lowest BCUT2D eigenvalue weighted by molar-refractivity contribution is 0.0936. The Hall–Kier alpha value is -2.34. The average molecular weight is 288 g/mol. The van der Waals surface area contributed by atoms with Gasteiger partial charge in [-0.2, -0.15) is 5.10 Å². The Morgan fingerprint density at radius 1 is 1.38 bits per heavy atom. The zero-order valence-electron chi connectivity index (χ0n) is 12.0. The number of amides is 1. The van der Waals surface area contributed by atoms with Crippen LogP contribution in [0.25, 0.3) is 5.69 Å². The predicted molar refractivity (Wildman–Crippen MR) is 81.2 cm³/mol. The third-order valence-electron chi connectivity index (χ3n) is 3.21. The van der Waals surface area contributed by atoms with E-state index in [1.165, 1.54) is 0 Å². The minimum atomic E-state index is -0.377. The molecule has 0 spiro atoms. The van der Waals surface area contributed by atoms with Gasteiger partial charge in [-0.1, -0.05) is 6.92 Å². The second-order valence-corrected chi connectivity index (χ2v) is 4.84. The first kappa shape index (κ1) is 15.1. The third-order valence-corrected chi connectivity index (χ3v) is 3.21. The molecule has 1 unspecified atom stereocenters. The first-order valence-electron chi connectivity index (χ1n) is 6.98. The van der Waals surface area contributed by atoms with Crippen molar-refractivity contribution in [3.05, 3.63) is 42.2 Å². The first-order chi connectivity index (χ1) is 10.1. The van der Waals surface area contributed by atoms with Crippen molar-refractivity contribution in [3.63, 3.8) is 0 Å². The van der Waals surface area contributed by atoms with Crippen molar-refractivity contribution in [1.82, 2.24) is 15.1 Å². The highest BCUT2D eigenvalue weighted by Gasteiger charge is 2.10. The smallest absolute Gasteiger partial charge is 0.271 e. The topological polar surface area (TPSA) is 93.2 Å². The average Bonchev–Trinajstić information content (AvgIpc) is 2.97. The molecule has 6 heteroatoms. The maximum Gasteiger partial charge on any atom is 0.271 e. The van der Waals surface area contributed by atoms with Crippen LogP contribution in [-0.2, 0) is 0 Å². The molecular weight excluding hydrogens is 268 g/mol. The van der Waals surface area contributed by atoms with Gasteiger partial charge in [-0.15, -0.1) is 0 Å². The van der Waals surface area contributed by atoms with Gasteiger partial charge in [0.05, 0.1) is 11.8 Å². The van der Waals surface area contributed by atoms with Crippen LogP contribution in [0.15, 0.2) is 36.5 Å². The molecule has 0 bridgehead atoms. The lowest BCUT2D eigenvalue weighted by atomic mass is 10.2. The Morgan fingerprint density at radius 2 is 2.10 bits per heavy atom. The molecule has 0 radical (unpaired) electrons.